The molecule has 0 bridgehead atoms. The van der Waals surface area contributed by atoms with Gasteiger partial charge in [0.25, 0.3) is 0 Å². The molecule has 0 aliphatic rings. The summed E-state index contributed by atoms with van der Waals surface area (Å²) in [6.45, 7) is 0. The molecule has 0 fully saturated rings. The molecule has 1 atom stereocenters. The number of nitrogens with one attached hydrogen (secondary N) is 1. The highest BCUT2D eigenvalue weighted by atomic mass is 19.4. The van der Waals surface area contributed by atoms with E-state index in [1.807, 2.05) is 0 Å². The molecule has 1 heterocycles. The summed E-state index contributed by atoms with van der Waals surface area (Å²) in [6, 6.07) is 0.736. The van der Waals surface area contributed by atoms with Crippen molar-refractivity contribution in [3.63, 3.8) is 0 Å². The fourth-order valence-corrected chi connectivity index (χ4v) is 1.08. The maximum absolute atomic E-state index is 12.2. The van der Waals surface area contributed by atoms with Gasteiger partial charge in [0.2, 0.25) is 0 Å². The van der Waals surface area contributed by atoms with Crippen LogP contribution in [0.25, 0.3) is 0 Å². The standard InChI is InChI=1S/C7H9F3N2O/c1-12-4-2-3-5(12)6(11-13)7(8,9)10/h2-4,6,11,13H,1H3. The number of aryl methyl sites for hydroxylation is 1. The summed E-state index contributed by atoms with van der Waals surface area (Å²) >= 11 is 0. The van der Waals surface area contributed by atoms with E-state index in [0.717, 1.165) is 0 Å². The Bertz CT molecular complexity index is 282. The predicted molar refractivity (Wildman–Crippen MR) is 39.1 cm³/mol. The zero-order valence-corrected chi connectivity index (χ0v) is 6.84. The lowest BCUT2D eigenvalue weighted by Gasteiger charge is -2.19. The molecular weight excluding hydrogens is 185 g/mol. The van der Waals surface area contributed by atoms with E-state index in [4.69, 9.17) is 5.21 Å². The van der Waals surface area contributed by atoms with E-state index >= 15 is 0 Å². The normalized spacial score (nSPS) is 14.5. The monoisotopic (exact) mass is 194 g/mol. The molecule has 0 aliphatic heterocycles. The zero-order chi connectivity index (χ0) is 10.1. The summed E-state index contributed by atoms with van der Waals surface area (Å²) in [4.78, 5) is 0. The summed E-state index contributed by atoms with van der Waals surface area (Å²) in [5.74, 6) is 0. The van der Waals surface area contributed by atoms with Crippen LogP contribution in [0.1, 0.15) is 11.7 Å². The first-order valence-electron chi connectivity index (χ1n) is 3.54. The molecule has 6 heteroatoms. The van der Waals surface area contributed by atoms with Crippen LogP contribution in [0.4, 0.5) is 13.2 Å². The molecule has 0 saturated heterocycles. The average Bonchev–Trinajstić information content (AvgIpc) is 2.35. The van der Waals surface area contributed by atoms with Crippen molar-refractivity contribution in [2.45, 2.75) is 12.2 Å². The molecule has 0 aromatic carbocycles. The minimum atomic E-state index is -4.50. The summed E-state index contributed by atoms with van der Waals surface area (Å²) in [5, 5.41) is 8.37. The molecule has 0 radical (unpaired) electrons. The van der Waals surface area contributed by atoms with Crippen molar-refractivity contribution in [2.75, 3.05) is 0 Å². The first-order chi connectivity index (χ1) is 5.96. The van der Waals surface area contributed by atoms with E-state index < -0.39 is 12.2 Å². The second-order valence-corrected chi connectivity index (χ2v) is 2.65. The minimum Gasteiger partial charge on any atom is -0.353 e. The highest BCUT2D eigenvalue weighted by Crippen LogP contribution is 2.31. The Labute approximate surface area is 72.7 Å². The van der Waals surface area contributed by atoms with Gasteiger partial charge in [-0.2, -0.15) is 18.7 Å². The van der Waals surface area contributed by atoms with Gasteiger partial charge in [-0.05, 0) is 12.1 Å². The van der Waals surface area contributed by atoms with E-state index in [2.05, 4.69) is 0 Å². The predicted octanol–water partition coefficient (Wildman–Crippen LogP) is 1.61. The van der Waals surface area contributed by atoms with Crippen molar-refractivity contribution >= 4 is 0 Å². The molecule has 1 aromatic rings. The summed E-state index contributed by atoms with van der Waals surface area (Å²) in [5.41, 5.74) is 1.21. The van der Waals surface area contributed by atoms with Crippen molar-refractivity contribution in [2.24, 2.45) is 7.05 Å². The molecule has 1 rings (SSSR count). The van der Waals surface area contributed by atoms with Crippen LogP contribution in [0, 0.1) is 0 Å². The summed E-state index contributed by atoms with van der Waals surface area (Å²) in [7, 11) is 1.48. The second kappa shape index (κ2) is 3.39. The van der Waals surface area contributed by atoms with E-state index in [0.29, 0.717) is 0 Å². The minimum absolute atomic E-state index is 0.0324. The van der Waals surface area contributed by atoms with Gasteiger partial charge < -0.3 is 9.77 Å². The van der Waals surface area contributed by atoms with Gasteiger partial charge in [-0.3, -0.25) is 0 Å². The van der Waals surface area contributed by atoms with Gasteiger partial charge in [-0.1, -0.05) is 0 Å². The molecule has 1 unspecified atom stereocenters. The van der Waals surface area contributed by atoms with Crippen LogP contribution in [0.5, 0.6) is 0 Å². The van der Waals surface area contributed by atoms with Crippen molar-refractivity contribution in [1.82, 2.24) is 10.0 Å². The number of aromatic nitrogens is 1. The SMILES string of the molecule is Cn1cccc1C(NO)C(F)(F)F. The maximum Gasteiger partial charge on any atom is 0.411 e. The van der Waals surface area contributed by atoms with Crippen LogP contribution >= 0.6 is 0 Å². The second-order valence-electron chi connectivity index (χ2n) is 2.65. The maximum atomic E-state index is 12.2. The van der Waals surface area contributed by atoms with Gasteiger partial charge in [0, 0.05) is 18.9 Å². The number of hydrogen-bond donors (Lipinski definition) is 2. The topological polar surface area (TPSA) is 37.2 Å². The number of nitrogens with zero attached hydrogens (tertiary/aromatic N) is 1. The Kier molecular flexibility index (Phi) is 2.63. The number of hydrogen-bond acceptors (Lipinski definition) is 2. The molecule has 1 aromatic heterocycles. The Hall–Kier alpha value is -1.01. The molecule has 0 spiro atoms. The van der Waals surface area contributed by atoms with Crippen LogP contribution in [0.15, 0.2) is 18.3 Å². The lowest BCUT2D eigenvalue weighted by Crippen LogP contribution is -2.33. The largest absolute Gasteiger partial charge is 0.411 e. The Morgan fingerprint density at radius 3 is 2.46 bits per heavy atom. The van der Waals surface area contributed by atoms with Gasteiger partial charge in [0.05, 0.1) is 0 Å². The van der Waals surface area contributed by atoms with Gasteiger partial charge >= 0.3 is 6.18 Å². The van der Waals surface area contributed by atoms with Crippen LogP contribution in [0.3, 0.4) is 0 Å². The van der Waals surface area contributed by atoms with E-state index in [9.17, 15) is 13.2 Å². The van der Waals surface area contributed by atoms with Gasteiger partial charge in [0.1, 0.15) is 0 Å². The molecular formula is C7H9F3N2O. The zero-order valence-electron chi connectivity index (χ0n) is 6.84. The summed E-state index contributed by atoms with van der Waals surface area (Å²) in [6.07, 6.45) is -3.02. The molecule has 0 saturated carbocycles. The Balaban J connectivity index is 2.98. The van der Waals surface area contributed by atoms with Crippen LogP contribution in [-0.2, 0) is 7.05 Å². The summed E-state index contributed by atoms with van der Waals surface area (Å²) < 4.78 is 38.0. The molecule has 13 heavy (non-hydrogen) atoms. The Morgan fingerprint density at radius 2 is 2.15 bits per heavy atom. The van der Waals surface area contributed by atoms with E-state index in [-0.39, 0.29) is 5.69 Å². The number of rotatable bonds is 2. The fourth-order valence-electron chi connectivity index (χ4n) is 1.08. The molecule has 0 amide bonds. The van der Waals surface area contributed by atoms with Gasteiger partial charge in [-0.15, -0.1) is 0 Å². The van der Waals surface area contributed by atoms with Crippen LogP contribution in [0.2, 0.25) is 0 Å². The van der Waals surface area contributed by atoms with Crippen molar-refractivity contribution < 1.29 is 18.4 Å². The molecule has 2 N–H and O–H groups in total. The lowest BCUT2D eigenvalue weighted by molar-refractivity contribution is -0.179. The van der Waals surface area contributed by atoms with Gasteiger partial charge in [0.15, 0.2) is 6.04 Å². The average molecular weight is 194 g/mol. The van der Waals surface area contributed by atoms with E-state index in [1.54, 1.807) is 0 Å². The first kappa shape index (κ1) is 10.1. The number of halogens is 3. The smallest absolute Gasteiger partial charge is 0.353 e. The lowest BCUT2D eigenvalue weighted by atomic mass is 10.2. The third-order valence-corrected chi connectivity index (χ3v) is 1.74. The quantitative estimate of drug-likeness (QED) is 0.702. The van der Waals surface area contributed by atoms with Gasteiger partial charge in [-0.25, -0.2) is 0 Å². The van der Waals surface area contributed by atoms with E-state index in [1.165, 1.54) is 35.4 Å². The highest BCUT2D eigenvalue weighted by molar-refractivity contribution is 5.12. The van der Waals surface area contributed by atoms with Crippen LogP contribution in [-0.4, -0.2) is 16.0 Å². The third kappa shape index (κ3) is 2.02. The number of alkyl halides is 3. The van der Waals surface area contributed by atoms with Crippen molar-refractivity contribution in [3.8, 4) is 0 Å². The van der Waals surface area contributed by atoms with Crippen molar-refractivity contribution in [1.29, 1.82) is 0 Å². The Morgan fingerprint density at radius 1 is 1.54 bits per heavy atom. The van der Waals surface area contributed by atoms with Crippen molar-refractivity contribution in [3.05, 3.63) is 24.0 Å². The first-order valence-corrected chi connectivity index (χ1v) is 3.54. The highest BCUT2D eigenvalue weighted by Gasteiger charge is 2.41. The molecule has 74 valence electrons. The van der Waals surface area contributed by atoms with Crippen LogP contribution < -0.4 is 5.48 Å². The third-order valence-electron chi connectivity index (χ3n) is 1.74. The molecule has 0 aliphatic carbocycles. The fraction of sp³-hybridized carbons (Fsp3) is 0.429. The molecule has 3 nitrogen and oxygen atoms in total. The number of hydroxylamine groups is 1.